The number of aromatic hydroxyl groups is 1. The molecule has 2 aromatic rings. The van der Waals surface area contributed by atoms with Crippen LogP contribution in [0, 0.1) is 0 Å². The Morgan fingerprint density at radius 2 is 1.76 bits per heavy atom. The fourth-order valence-electron chi connectivity index (χ4n) is 1.52. The smallest absolute Gasteiger partial charge is 0.125 e. The molecular weight excluding hydrogens is 257 g/mol. The molecule has 0 unspecified atom stereocenters. The van der Waals surface area contributed by atoms with Crippen molar-refractivity contribution in [2.24, 2.45) is 0 Å². The van der Waals surface area contributed by atoms with Crippen molar-refractivity contribution in [3.8, 4) is 5.75 Å². The lowest BCUT2D eigenvalue weighted by Gasteiger charge is -2.11. The maximum atomic E-state index is 9.83. The Bertz CT molecular complexity index is 567. The molecule has 0 aliphatic carbocycles. The summed E-state index contributed by atoms with van der Waals surface area (Å²) in [6, 6.07) is 6.62. The van der Waals surface area contributed by atoms with Crippen LogP contribution in [-0.2, 0) is 0 Å². The van der Waals surface area contributed by atoms with Gasteiger partial charge in [-0.25, -0.2) is 0 Å². The molecule has 1 N–H and O–H groups in total. The van der Waals surface area contributed by atoms with Crippen LogP contribution < -0.4 is 0 Å². The van der Waals surface area contributed by atoms with Gasteiger partial charge < -0.3 is 5.11 Å². The SMILES string of the molecule is C=C(c1ccncc1)c1c(O)ccc(Cl)c1Cl. The number of hydrogen-bond acceptors (Lipinski definition) is 2. The first-order valence-corrected chi connectivity index (χ1v) is 5.63. The maximum absolute atomic E-state index is 9.83. The lowest BCUT2D eigenvalue weighted by molar-refractivity contribution is 0.474. The summed E-state index contributed by atoms with van der Waals surface area (Å²) in [5.41, 5.74) is 1.89. The van der Waals surface area contributed by atoms with E-state index in [4.69, 9.17) is 23.2 Å². The Kier molecular flexibility index (Phi) is 3.36. The third-order valence-electron chi connectivity index (χ3n) is 2.40. The van der Waals surface area contributed by atoms with E-state index in [2.05, 4.69) is 11.6 Å². The van der Waals surface area contributed by atoms with Crippen LogP contribution in [0.25, 0.3) is 5.57 Å². The molecule has 17 heavy (non-hydrogen) atoms. The van der Waals surface area contributed by atoms with E-state index >= 15 is 0 Å². The molecule has 2 rings (SSSR count). The van der Waals surface area contributed by atoms with Crippen molar-refractivity contribution < 1.29 is 5.11 Å². The van der Waals surface area contributed by atoms with Crippen LogP contribution in [0.3, 0.4) is 0 Å². The Hall–Kier alpha value is -1.51. The molecule has 0 aliphatic heterocycles. The van der Waals surface area contributed by atoms with Crippen LogP contribution in [-0.4, -0.2) is 10.1 Å². The monoisotopic (exact) mass is 265 g/mol. The third kappa shape index (κ3) is 2.28. The molecule has 0 saturated carbocycles. The zero-order valence-electron chi connectivity index (χ0n) is 8.82. The van der Waals surface area contributed by atoms with Gasteiger partial charge in [-0.1, -0.05) is 29.8 Å². The van der Waals surface area contributed by atoms with Gasteiger partial charge in [-0.3, -0.25) is 4.98 Å². The predicted molar refractivity (Wildman–Crippen MR) is 70.5 cm³/mol. The van der Waals surface area contributed by atoms with E-state index < -0.39 is 0 Å². The lowest BCUT2D eigenvalue weighted by atomic mass is 10.00. The molecule has 0 bridgehead atoms. The Morgan fingerprint density at radius 3 is 2.41 bits per heavy atom. The highest BCUT2D eigenvalue weighted by molar-refractivity contribution is 6.43. The first-order valence-electron chi connectivity index (χ1n) is 4.88. The fourth-order valence-corrected chi connectivity index (χ4v) is 1.96. The second-order valence-electron chi connectivity index (χ2n) is 3.47. The summed E-state index contributed by atoms with van der Waals surface area (Å²) in [6.45, 7) is 3.93. The lowest BCUT2D eigenvalue weighted by Crippen LogP contribution is -1.89. The molecule has 2 nitrogen and oxygen atoms in total. The van der Waals surface area contributed by atoms with Gasteiger partial charge >= 0.3 is 0 Å². The van der Waals surface area contributed by atoms with E-state index in [1.807, 2.05) is 0 Å². The standard InChI is InChI=1S/C13H9Cl2NO/c1-8(9-4-6-16-7-5-9)12-11(17)3-2-10(14)13(12)15/h2-7,17H,1H2. The molecule has 0 amide bonds. The van der Waals surface area contributed by atoms with Crippen LogP contribution in [0.5, 0.6) is 5.75 Å². The summed E-state index contributed by atoms with van der Waals surface area (Å²) in [7, 11) is 0. The molecule has 86 valence electrons. The van der Waals surface area contributed by atoms with Gasteiger partial charge in [-0.05, 0) is 35.4 Å². The van der Waals surface area contributed by atoms with Gasteiger partial charge in [-0.2, -0.15) is 0 Å². The van der Waals surface area contributed by atoms with Gasteiger partial charge in [0.2, 0.25) is 0 Å². The summed E-state index contributed by atoms with van der Waals surface area (Å²) in [4.78, 5) is 3.92. The van der Waals surface area contributed by atoms with Crippen molar-refractivity contribution in [3.63, 3.8) is 0 Å². The second kappa shape index (κ2) is 4.78. The van der Waals surface area contributed by atoms with Crippen LogP contribution in [0.15, 0.2) is 43.2 Å². The fraction of sp³-hybridized carbons (Fsp3) is 0. The van der Waals surface area contributed by atoms with E-state index in [0.717, 1.165) is 5.56 Å². The van der Waals surface area contributed by atoms with Crippen molar-refractivity contribution in [1.29, 1.82) is 0 Å². The van der Waals surface area contributed by atoms with E-state index in [9.17, 15) is 5.11 Å². The van der Waals surface area contributed by atoms with Crippen LogP contribution in [0.1, 0.15) is 11.1 Å². The first-order chi connectivity index (χ1) is 8.11. The summed E-state index contributed by atoms with van der Waals surface area (Å²) in [6.07, 6.45) is 3.30. The summed E-state index contributed by atoms with van der Waals surface area (Å²) < 4.78 is 0. The quantitative estimate of drug-likeness (QED) is 0.885. The molecule has 1 aromatic heterocycles. The molecule has 0 radical (unpaired) electrons. The van der Waals surface area contributed by atoms with Crippen LogP contribution >= 0.6 is 23.2 Å². The largest absolute Gasteiger partial charge is 0.507 e. The molecule has 4 heteroatoms. The molecular formula is C13H9Cl2NO. The van der Waals surface area contributed by atoms with Gasteiger partial charge in [0.05, 0.1) is 10.0 Å². The minimum atomic E-state index is 0.0567. The zero-order chi connectivity index (χ0) is 12.4. The van der Waals surface area contributed by atoms with E-state index in [1.165, 1.54) is 6.07 Å². The number of nitrogens with zero attached hydrogens (tertiary/aromatic N) is 1. The number of hydrogen-bond donors (Lipinski definition) is 1. The highest BCUT2D eigenvalue weighted by Crippen LogP contribution is 2.38. The predicted octanol–water partition coefficient (Wildman–Crippen LogP) is 4.16. The molecule has 0 atom stereocenters. The van der Waals surface area contributed by atoms with E-state index in [0.29, 0.717) is 21.2 Å². The highest BCUT2D eigenvalue weighted by atomic mass is 35.5. The van der Waals surface area contributed by atoms with E-state index in [1.54, 1.807) is 30.6 Å². The molecule has 1 aromatic carbocycles. The Labute approximate surface area is 109 Å². The summed E-state index contributed by atoms with van der Waals surface area (Å²) in [5, 5.41) is 10.5. The molecule has 0 aliphatic rings. The van der Waals surface area contributed by atoms with Crippen molar-refractivity contribution in [2.45, 2.75) is 0 Å². The van der Waals surface area contributed by atoms with Gasteiger partial charge in [0.1, 0.15) is 5.75 Å². The minimum Gasteiger partial charge on any atom is -0.507 e. The number of rotatable bonds is 2. The number of pyridine rings is 1. The van der Waals surface area contributed by atoms with Crippen molar-refractivity contribution in [3.05, 3.63) is 64.4 Å². The molecule has 0 fully saturated rings. The van der Waals surface area contributed by atoms with Gasteiger partial charge in [0.25, 0.3) is 0 Å². The van der Waals surface area contributed by atoms with Gasteiger partial charge in [0.15, 0.2) is 0 Å². The number of aromatic nitrogens is 1. The average Bonchev–Trinajstić information content (AvgIpc) is 2.35. The number of phenols is 1. The molecule has 1 heterocycles. The normalized spacial score (nSPS) is 10.2. The first kappa shape index (κ1) is 12.0. The summed E-state index contributed by atoms with van der Waals surface area (Å²) in [5.74, 6) is 0.0567. The highest BCUT2D eigenvalue weighted by Gasteiger charge is 2.14. The van der Waals surface area contributed by atoms with E-state index in [-0.39, 0.29) is 5.75 Å². The maximum Gasteiger partial charge on any atom is 0.125 e. The van der Waals surface area contributed by atoms with Crippen LogP contribution in [0.4, 0.5) is 0 Å². The third-order valence-corrected chi connectivity index (χ3v) is 3.21. The number of benzene rings is 1. The number of phenolic OH excluding ortho intramolecular Hbond substituents is 1. The van der Waals surface area contributed by atoms with Gasteiger partial charge in [-0.15, -0.1) is 0 Å². The van der Waals surface area contributed by atoms with Crippen molar-refractivity contribution >= 4 is 28.8 Å². The summed E-state index contributed by atoms with van der Waals surface area (Å²) >= 11 is 12.0. The average molecular weight is 266 g/mol. The zero-order valence-corrected chi connectivity index (χ0v) is 10.3. The number of halogens is 2. The van der Waals surface area contributed by atoms with Crippen LogP contribution in [0.2, 0.25) is 10.0 Å². The Balaban J connectivity index is 2.56. The Morgan fingerprint density at radius 1 is 1.12 bits per heavy atom. The second-order valence-corrected chi connectivity index (χ2v) is 4.26. The minimum absolute atomic E-state index is 0.0567. The van der Waals surface area contributed by atoms with Crippen molar-refractivity contribution in [1.82, 2.24) is 4.98 Å². The molecule has 0 saturated heterocycles. The topological polar surface area (TPSA) is 33.1 Å². The van der Waals surface area contributed by atoms with Crippen molar-refractivity contribution in [2.75, 3.05) is 0 Å². The van der Waals surface area contributed by atoms with Gasteiger partial charge in [0, 0.05) is 18.0 Å². The molecule has 0 spiro atoms.